The van der Waals surface area contributed by atoms with Crippen LogP contribution in [0.25, 0.3) is 0 Å². The summed E-state index contributed by atoms with van der Waals surface area (Å²) in [6.07, 6.45) is 4.04. The SMILES string of the molecule is OC1CC2CCC(C1)N2CCOc1c(Cl)cccc1Cl. The van der Waals surface area contributed by atoms with Gasteiger partial charge < -0.3 is 9.84 Å². The standard InChI is InChI=1S/C15H19Cl2NO2/c16-13-2-1-3-14(17)15(13)20-7-6-18-10-4-5-11(18)9-12(19)8-10/h1-3,10-12,19H,4-9H2. The summed E-state index contributed by atoms with van der Waals surface area (Å²) in [4.78, 5) is 2.47. The number of para-hydroxylation sites is 1. The lowest BCUT2D eigenvalue weighted by Gasteiger charge is -2.37. The number of aliphatic hydroxyl groups is 1. The molecule has 1 N–H and O–H groups in total. The van der Waals surface area contributed by atoms with E-state index >= 15 is 0 Å². The van der Waals surface area contributed by atoms with Crippen molar-refractivity contribution in [3.05, 3.63) is 28.2 Å². The fraction of sp³-hybridized carbons (Fsp3) is 0.600. The molecule has 2 aliphatic rings. The van der Waals surface area contributed by atoms with Crippen molar-refractivity contribution in [2.75, 3.05) is 13.2 Å². The number of fused-ring (bicyclic) bond motifs is 2. The molecule has 2 heterocycles. The summed E-state index contributed by atoms with van der Waals surface area (Å²) in [5.41, 5.74) is 0. The van der Waals surface area contributed by atoms with Gasteiger partial charge in [0.05, 0.1) is 16.1 Å². The summed E-state index contributed by atoms with van der Waals surface area (Å²) < 4.78 is 5.75. The molecule has 2 unspecified atom stereocenters. The van der Waals surface area contributed by atoms with Gasteiger partial charge in [-0.25, -0.2) is 0 Å². The fourth-order valence-electron chi connectivity index (χ4n) is 3.48. The van der Waals surface area contributed by atoms with E-state index in [0.29, 0.717) is 34.5 Å². The summed E-state index contributed by atoms with van der Waals surface area (Å²) in [5, 5.41) is 10.9. The van der Waals surface area contributed by atoms with Gasteiger partial charge in [-0.2, -0.15) is 0 Å². The molecule has 0 amide bonds. The van der Waals surface area contributed by atoms with Gasteiger partial charge in [0.2, 0.25) is 0 Å². The minimum absolute atomic E-state index is 0.123. The first-order valence-electron chi connectivity index (χ1n) is 7.16. The van der Waals surface area contributed by atoms with E-state index in [9.17, 15) is 5.11 Å². The zero-order valence-electron chi connectivity index (χ0n) is 11.3. The summed E-state index contributed by atoms with van der Waals surface area (Å²) in [6.45, 7) is 1.44. The molecule has 0 radical (unpaired) electrons. The van der Waals surface area contributed by atoms with Crippen LogP contribution >= 0.6 is 23.2 Å². The number of piperidine rings is 1. The second-order valence-corrected chi connectivity index (χ2v) is 6.46. The van der Waals surface area contributed by atoms with E-state index in [0.717, 1.165) is 19.4 Å². The van der Waals surface area contributed by atoms with Crippen LogP contribution in [0.15, 0.2) is 18.2 Å². The third-order valence-electron chi connectivity index (χ3n) is 4.37. The van der Waals surface area contributed by atoms with Crippen LogP contribution in [0.5, 0.6) is 5.75 Å². The van der Waals surface area contributed by atoms with Gasteiger partial charge in [-0.1, -0.05) is 29.3 Å². The van der Waals surface area contributed by atoms with Crippen LogP contribution < -0.4 is 4.74 Å². The normalized spacial score (nSPS) is 29.6. The predicted molar refractivity (Wildman–Crippen MR) is 80.7 cm³/mol. The molecule has 20 heavy (non-hydrogen) atoms. The topological polar surface area (TPSA) is 32.7 Å². The highest BCUT2D eigenvalue weighted by atomic mass is 35.5. The lowest BCUT2D eigenvalue weighted by Crippen LogP contribution is -2.46. The van der Waals surface area contributed by atoms with Gasteiger partial charge in [-0.15, -0.1) is 0 Å². The second-order valence-electron chi connectivity index (χ2n) is 5.65. The average molecular weight is 316 g/mol. The van der Waals surface area contributed by atoms with Crippen LogP contribution in [0.4, 0.5) is 0 Å². The Morgan fingerprint density at radius 3 is 2.35 bits per heavy atom. The van der Waals surface area contributed by atoms with E-state index in [1.807, 2.05) is 6.07 Å². The maximum absolute atomic E-state index is 9.79. The van der Waals surface area contributed by atoms with Crippen molar-refractivity contribution in [2.45, 2.75) is 43.9 Å². The monoisotopic (exact) mass is 315 g/mol. The van der Waals surface area contributed by atoms with E-state index in [1.54, 1.807) is 12.1 Å². The van der Waals surface area contributed by atoms with Gasteiger partial charge in [-0.3, -0.25) is 4.90 Å². The number of rotatable bonds is 4. The zero-order valence-corrected chi connectivity index (χ0v) is 12.8. The predicted octanol–water partition coefficient (Wildman–Crippen LogP) is 3.36. The molecule has 0 spiro atoms. The van der Waals surface area contributed by atoms with E-state index in [-0.39, 0.29) is 6.10 Å². The van der Waals surface area contributed by atoms with Crippen molar-refractivity contribution in [1.82, 2.24) is 4.90 Å². The lowest BCUT2D eigenvalue weighted by atomic mass is 10.0. The number of hydrogen-bond donors (Lipinski definition) is 1. The molecule has 0 saturated carbocycles. The number of benzene rings is 1. The van der Waals surface area contributed by atoms with Crippen LogP contribution in [0.2, 0.25) is 10.0 Å². The molecule has 2 fully saturated rings. The van der Waals surface area contributed by atoms with Gasteiger partial charge in [0, 0.05) is 18.6 Å². The van der Waals surface area contributed by atoms with Crippen molar-refractivity contribution in [3.8, 4) is 5.75 Å². The molecule has 2 aliphatic heterocycles. The van der Waals surface area contributed by atoms with E-state index in [1.165, 1.54) is 12.8 Å². The first-order chi connectivity index (χ1) is 9.65. The summed E-state index contributed by atoms with van der Waals surface area (Å²) in [6, 6.07) is 6.39. The molecular weight excluding hydrogens is 297 g/mol. The Morgan fingerprint density at radius 2 is 1.75 bits per heavy atom. The highest BCUT2D eigenvalue weighted by Crippen LogP contribution is 2.36. The van der Waals surface area contributed by atoms with Crippen LogP contribution in [-0.4, -0.2) is 41.3 Å². The Labute approximate surface area is 129 Å². The maximum Gasteiger partial charge on any atom is 0.156 e. The molecule has 1 aromatic rings. The molecule has 1 aromatic carbocycles. The highest BCUT2D eigenvalue weighted by molar-refractivity contribution is 6.37. The minimum Gasteiger partial charge on any atom is -0.489 e. The Bertz CT molecular complexity index is 449. The molecule has 110 valence electrons. The second kappa shape index (κ2) is 6.10. The van der Waals surface area contributed by atoms with Crippen molar-refractivity contribution in [1.29, 1.82) is 0 Å². The van der Waals surface area contributed by atoms with Crippen molar-refractivity contribution in [3.63, 3.8) is 0 Å². The van der Waals surface area contributed by atoms with Gasteiger partial charge in [0.1, 0.15) is 6.61 Å². The van der Waals surface area contributed by atoms with Gasteiger partial charge in [0.15, 0.2) is 5.75 Å². The van der Waals surface area contributed by atoms with Crippen molar-refractivity contribution < 1.29 is 9.84 Å². The molecule has 5 heteroatoms. The van der Waals surface area contributed by atoms with Crippen LogP contribution in [0.3, 0.4) is 0 Å². The molecule has 3 nitrogen and oxygen atoms in total. The molecular formula is C15H19Cl2NO2. The lowest BCUT2D eigenvalue weighted by molar-refractivity contribution is 0.0288. The molecule has 2 atom stereocenters. The number of nitrogens with zero attached hydrogens (tertiary/aromatic N) is 1. The van der Waals surface area contributed by atoms with Crippen LogP contribution in [0, 0.1) is 0 Å². The van der Waals surface area contributed by atoms with Crippen molar-refractivity contribution >= 4 is 23.2 Å². The van der Waals surface area contributed by atoms with E-state index in [2.05, 4.69) is 4.90 Å². The van der Waals surface area contributed by atoms with Crippen molar-refractivity contribution in [2.24, 2.45) is 0 Å². The number of hydrogen-bond acceptors (Lipinski definition) is 3. The summed E-state index contributed by atoms with van der Waals surface area (Å²) in [5.74, 6) is 0.570. The van der Waals surface area contributed by atoms with Gasteiger partial charge in [0.25, 0.3) is 0 Å². The molecule has 2 bridgehead atoms. The highest BCUT2D eigenvalue weighted by Gasteiger charge is 2.39. The van der Waals surface area contributed by atoms with Gasteiger partial charge in [-0.05, 0) is 37.8 Å². The molecule has 3 rings (SSSR count). The zero-order chi connectivity index (χ0) is 14.1. The quantitative estimate of drug-likeness (QED) is 0.924. The summed E-state index contributed by atoms with van der Waals surface area (Å²) in [7, 11) is 0. The Morgan fingerprint density at radius 1 is 1.15 bits per heavy atom. The number of aliphatic hydroxyl groups excluding tert-OH is 1. The first kappa shape index (κ1) is 14.5. The molecule has 0 aromatic heterocycles. The molecule has 2 saturated heterocycles. The van der Waals surface area contributed by atoms with Crippen LogP contribution in [-0.2, 0) is 0 Å². The molecule has 0 aliphatic carbocycles. The number of halogens is 2. The third kappa shape index (κ3) is 2.91. The first-order valence-corrected chi connectivity index (χ1v) is 7.91. The van der Waals surface area contributed by atoms with E-state index in [4.69, 9.17) is 27.9 Å². The Kier molecular flexibility index (Phi) is 4.41. The number of ether oxygens (including phenoxy) is 1. The minimum atomic E-state index is -0.123. The Hall–Kier alpha value is -0.480. The van der Waals surface area contributed by atoms with E-state index < -0.39 is 0 Å². The van der Waals surface area contributed by atoms with Gasteiger partial charge >= 0.3 is 0 Å². The average Bonchev–Trinajstić information content (AvgIpc) is 2.65. The smallest absolute Gasteiger partial charge is 0.156 e. The fourth-order valence-corrected chi connectivity index (χ4v) is 3.99. The Balaban J connectivity index is 1.56. The van der Waals surface area contributed by atoms with Crippen LogP contribution in [0.1, 0.15) is 25.7 Å². The third-order valence-corrected chi connectivity index (χ3v) is 4.97. The summed E-state index contributed by atoms with van der Waals surface area (Å²) >= 11 is 12.2. The largest absolute Gasteiger partial charge is 0.489 e. The maximum atomic E-state index is 9.79.